The fourth-order valence-electron chi connectivity index (χ4n) is 4.37. The Kier molecular flexibility index (Phi) is 6.85. The van der Waals surface area contributed by atoms with Crippen LogP contribution in [0.2, 0.25) is 0 Å². The first-order valence-electron chi connectivity index (χ1n) is 11.8. The van der Waals surface area contributed by atoms with E-state index in [9.17, 15) is 14.7 Å². The Balaban J connectivity index is 1.67. The van der Waals surface area contributed by atoms with Crippen LogP contribution in [0, 0.1) is 0 Å². The van der Waals surface area contributed by atoms with Crippen molar-refractivity contribution in [1.29, 1.82) is 0 Å². The molecule has 8 nitrogen and oxygen atoms in total. The molecule has 1 amide bonds. The van der Waals surface area contributed by atoms with E-state index in [1.807, 2.05) is 30.3 Å². The van der Waals surface area contributed by atoms with Crippen LogP contribution in [0.5, 0.6) is 17.2 Å². The molecule has 38 heavy (non-hydrogen) atoms. The van der Waals surface area contributed by atoms with Crippen LogP contribution in [0.1, 0.15) is 24.1 Å². The Bertz CT molecular complexity index is 1720. The van der Waals surface area contributed by atoms with E-state index in [4.69, 9.17) is 9.47 Å². The summed E-state index contributed by atoms with van der Waals surface area (Å²) in [6, 6.07) is 20.6. The maximum atomic E-state index is 13.8. The van der Waals surface area contributed by atoms with E-state index in [-0.39, 0.29) is 17.2 Å². The van der Waals surface area contributed by atoms with Gasteiger partial charge in [-0.15, -0.1) is 0 Å². The number of nitrogens with zero attached hydrogens (tertiary/aromatic N) is 2. The number of phenols is 1. The van der Waals surface area contributed by atoms with Gasteiger partial charge in [0, 0.05) is 5.69 Å². The molecule has 0 fully saturated rings. The number of aromatic nitrogens is 1. The van der Waals surface area contributed by atoms with Crippen LogP contribution < -0.4 is 29.7 Å². The lowest BCUT2D eigenvalue weighted by molar-refractivity contribution is -0.113. The number of fused-ring (bicyclic) bond motifs is 1. The van der Waals surface area contributed by atoms with Crippen LogP contribution in [0.25, 0.3) is 6.08 Å². The van der Waals surface area contributed by atoms with E-state index in [0.29, 0.717) is 43.4 Å². The van der Waals surface area contributed by atoms with Gasteiger partial charge in [-0.2, -0.15) is 0 Å². The average Bonchev–Trinajstić information content (AvgIpc) is 3.23. The Morgan fingerprint density at radius 2 is 1.79 bits per heavy atom. The lowest BCUT2D eigenvalue weighted by atomic mass is 9.95. The van der Waals surface area contributed by atoms with Crippen molar-refractivity contribution < 1.29 is 19.4 Å². The molecule has 9 heteroatoms. The molecule has 0 unspecified atom stereocenters. The number of para-hydroxylation sites is 1. The number of benzene rings is 3. The van der Waals surface area contributed by atoms with Crippen LogP contribution in [-0.4, -0.2) is 29.8 Å². The molecule has 1 aromatic heterocycles. The Labute approximate surface area is 222 Å². The number of anilines is 1. The van der Waals surface area contributed by atoms with Gasteiger partial charge in [0.1, 0.15) is 5.75 Å². The summed E-state index contributed by atoms with van der Waals surface area (Å²) in [7, 11) is 3.05. The maximum absolute atomic E-state index is 13.8. The van der Waals surface area contributed by atoms with Crippen molar-refractivity contribution in [2.45, 2.75) is 13.0 Å². The van der Waals surface area contributed by atoms with Gasteiger partial charge in [0.05, 0.1) is 36.1 Å². The summed E-state index contributed by atoms with van der Waals surface area (Å²) in [6.07, 6.45) is 1.72. The highest BCUT2D eigenvalue weighted by Crippen LogP contribution is 2.32. The number of aromatic hydroxyl groups is 1. The molecule has 4 aromatic rings. The smallest absolute Gasteiger partial charge is 0.271 e. The van der Waals surface area contributed by atoms with Gasteiger partial charge < -0.3 is 19.9 Å². The van der Waals surface area contributed by atoms with Gasteiger partial charge in [-0.25, -0.2) is 4.99 Å². The van der Waals surface area contributed by atoms with Crippen molar-refractivity contribution in [3.63, 3.8) is 0 Å². The molecule has 0 saturated carbocycles. The minimum atomic E-state index is -0.697. The molecule has 2 N–H and O–H groups in total. The van der Waals surface area contributed by atoms with Crippen LogP contribution in [0.4, 0.5) is 5.69 Å². The van der Waals surface area contributed by atoms with Gasteiger partial charge in [-0.1, -0.05) is 47.7 Å². The van der Waals surface area contributed by atoms with Gasteiger partial charge >= 0.3 is 0 Å². The van der Waals surface area contributed by atoms with E-state index in [1.165, 1.54) is 24.5 Å². The van der Waals surface area contributed by atoms with Gasteiger partial charge in [-0.05, 0) is 60.5 Å². The number of thiazole rings is 1. The van der Waals surface area contributed by atoms with E-state index in [1.54, 1.807) is 61.1 Å². The second kappa shape index (κ2) is 10.4. The van der Waals surface area contributed by atoms with E-state index in [2.05, 4.69) is 10.3 Å². The molecule has 1 aliphatic rings. The topological polar surface area (TPSA) is 102 Å². The predicted molar refractivity (Wildman–Crippen MR) is 146 cm³/mol. The molecule has 0 saturated heterocycles. The fourth-order valence-corrected chi connectivity index (χ4v) is 5.42. The number of carbonyl (C=O) groups is 1. The zero-order chi connectivity index (χ0) is 26.8. The first-order chi connectivity index (χ1) is 18.4. The quantitative estimate of drug-likeness (QED) is 0.399. The summed E-state index contributed by atoms with van der Waals surface area (Å²) in [5.41, 5.74) is 2.70. The fraction of sp³-hybridized carbons (Fsp3) is 0.138. The second-order valence-electron chi connectivity index (χ2n) is 8.61. The van der Waals surface area contributed by atoms with Crippen molar-refractivity contribution in [3.8, 4) is 17.2 Å². The average molecular weight is 528 g/mol. The zero-order valence-corrected chi connectivity index (χ0v) is 21.8. The summed E-state index contributed by atoms with van der Waals surface area (Å²) >= 11 is 1.24. The Morgan fingerprint density at radius 1 is 1.05 bits per heavy atom. The summed E-state index contributed by atoms with van der Waals surface area (Å²) in [4.78, 5) is 32.5. The molecule has 0 spiro atoms. The minimum Gasteiger partial charge on any atom is -0.504 e. The number of hydrogen-bond donors (Lipinski definition) is 2. The number of rotatable bonds is 6. The maximum Gasteiger partial charge on any atom is 0.271 e. The van der Waals surface area contributed by atoms with Gasteiger partial charge in [0.2, 0.25) is 0 Å². The second-order valence-corrected chi connectivity index (χ2v) is 9.62. The van der Waals surface area contributed by atoms with Crippen molar-refractivity contribution in [2.75, 3.05) is 19.5 Å². The summed E-state index contributed by atoms with van der Waals surface area (Å²) < 4.78 is 12.5. The molecular weight excluding hydrogens is 502 g/mol. The zero-order valence-electron chi connectivity index (χ0n) is 21.0. The van der Waals surface area contributed by atoms with E-state index < -0.39 is 6.04 Å². The molecule has 5 rings (SSSR count). The number of ether oxygens (including phenoxy) is 2. The largest absolute Gasteiger partial charge is 0.504 e. The first kappa shape index (κ1) is 25.0. The third-order valence-electron chi connectivity index (χ3n) is 6.23. The molecule has 192 valence electrons. The number of phenolic OH excluding ortho intramolecular Hbond substituents is 1. The highest BCUT2D eigenvalue weighted by Gasteiger charge is 2.32. The minimum absolute atomic E-state index is 0.00955. The SMILES string of the molecule is COc1ccc([C@@H]2C(C(=O)Nc3ccccc3)=C(C)N=c3s/c(=C/c4ccc(O)c(OC)c4)c(=O)n32)cc1. The van der Waals surface area contributed by atoms with Crippen molar-refractivity contribution >= 4 is 29.0 Å². The molecule has 3 aromatic carbocycles. The van der Waals surface area contributed by atoms with Crippen LogP contribution in [0.3, 0.4) is 0 Å². The van der Waals surface area contributed by atoms with Crippen LogP contribution >= 0.6 is 11.3 Å². The Hall–Kier alpha value is -4.63. The third-order valence-corrected chi connectivity index (χ3v) is 7.21. The van der Waals surface area contributed by atoms with Gasteiger partial charge in [0.25, 0.3) is 11.5 Å². The third kappa shape index (κ3) is 4.71. The molecular formula is C29H25N3O5S. The normalized spacial score (nSPS) is 15.0. The van der Waals surface area contributed by atoms with E-state index in [0.717, 1.165) is 5.56 Å². The first-order valence-corrected chi connectivity index (χ1v) is 12.6. The molecule has 0 radical (unpaired) electrons. The van der Waals surface area contributed by atoms with Crippen molar-refractivity contribution in [1.82, 2.24) is 4.57 Å². The summed E-state index contributed by atoms with van der Waals surface area (Å²) in [5, 5.41) is 12.9. The Morgan fingerprint density at radius 3 is 2.47 bits per heavy atom. The highest BCUT2D eigenvalue weighted by molar-refractivity contribution is 7.07. The summed E-state index contributed by atoms with van der Waals surface area (Å²) in [6.45, 7) is 1.78. The lowest BCUT2D eigenvalue weighted by Crippen LogP contribution is -2.40. The van der Waals surface area contributed by atoms with Gasteiger partial charge in [-0.3, -0.25) is 14.2 Å². The number of methoxy groups -OCH3 is 2. The van der Waals surface area contributed by atoms with Gasteiger partial charge in [0.15, 0.2) is 16.3 Å². The number of nitrogens with one attached hydrogen (secondary N) is 1. The number of amides is 1. The standard InChI is InChI=1S/C29H25N3O5S/c1-17-25(27(34)31-20-7-5-4-6-8-20)26(19-10-12-21(36-2)13-11-19)32-28(35)24(38-29(32)30-17)16-18-9-14-22(33)23(15-18)37-3/h4-16,26,33H,1-3H3,(H,31,34)/b24-16+/t26-/m1/s1. The monoisotopic (exact) mass is 527 g/mol. The van der Waals surface area contributed by atoms with E-state index >= 15 is 0 Å². The number of carbonyl (C=O) groups excluding carboxylic acids is 1. The molecule has 1 atom stereocenters. The lowest BCUT2D eigenvalue weighted by Gasteiger charge is -2.25. The van der Waals surface area contributed by atoms with Crippen molar-refractivity contribution in [3.05, 3.63) is 115 Å². The van der Waals surface area contributed by atoms with Crippen LogP contribution in [0.15, 0.2) is 93.9 Å². The molecule has 0 aliphatic carbocycles. The molecule has 0 bridgehead atoms. The summed E-state index contributed by atoms with van der Waals surface area (Å²) in [5.74, 6) is 0.642. The predicted octanol–water partition coefficient (Wildman–Crippen LogP) is 3.60. The van der Waals surface area contributed by atoms with Crippen LogP contribution in [-0.2, 0) is 4.79 Å². The molecule has 2 heterocycles. The highest BCUT2D eigenvalue weighted by atomic mass is 32.1. The number of allylic oxidation sites excluding steroid dienone is 1. The number of hydrogen-bond acceptors (Lipinski definition) is 7. The van der Waals surface area contributed by atoms with Crippen molar-refractivity contribution in [2.24, 2.45) is 4.99 Å². The molecule has 1 aliphatic heterocycles.